The van der Waals surface area contributed by atoms with Crippen LogP contribution in [-0.4, -0.2) is 72.1 Å². The van der Waals surface area contributed by atoms with E-state index in [1.807, 2.05) is 0 Å². The van der Waals surface area contributed by atoms with Gasteiger partial charge in [-0.3, -0.25) is 14.5 Å². The number of hydrogen-bond acceptors (Lipinski definition) is 9. The molecule has 13 heteroatoms. The summed E-state index contributed by atoms with van der Waals surface area (Å²) in [6.45, 7) is 3.64. The monoisotopic (exact) mass is 572 g/mol. The molecule has 200 valence electrons. The van der Waals surface area contributed by atoms with Gasteiger partial charge in [-0.15, -0.1) is 0 Å². The number of fused-ring (bicyclic) bond motifs is 1. The van der Waals surface area contributed by atoms with Crippen molar-refractivity contribution in [1.29, 1.82) is 0 Å². The van der Waals surface area contributed by atoms with Crippen molar-refractivity contribution < 1.29 is 37.0 Å². The lowest BCUT2D eigenvalue weighted by Crippen LogP contribution is -2.30. The zero-order chi connectivity index (χ0) is 27.7. The number of likely N-dealkylation sites (N-methyl/N-ethyl adjacent to an activating group) is 1. The topological polar surface area (TPSA) is 120 Å². The molecule has 10 nitrogen and oxygen atoms in total. The van der Waals surface area contributed by atoms with Gasteiger partial charge < -0.3 is 14.2 Å². The molecule has 1 heterocycles. The number of anilines is 1. The molecule has 0 unspecified atom stereocenters. The van der Waals surface area contributed by atoms with Crippen molar-refractivity contribution >= 4 is 56.8 Å². The third-order valence-corrected chi connectivity index (χ3v) is 7.80. The second-order valence-electron chi connectivity index (χ2n) is 8.67. The number of benzene rings is 2. The highest BCUT2D eigenvalue weighted by Crippen LogP contribution is 2.44. The Morgan fingerprint density at radius 3 is 2.38 bits per heavy atom. The lowest BCUT2D eigenvalue weighted by Gasteiger charge is -2.18. The highest BCUT2D eigenvalue weighted by molar-refractivity contribution is 7.94. The van der Waals surface area contributed by atoms with E-state index >= 15 is 0 Å². The first-order valence-corrected chi connectivity index (χ1v) is 13.3. The molecule has 0 fully saturated rings. The summed E-state index contributed by atoms with van der Waals surface area (Å²) in [7, 11) is 0.145. The van der Waals surface area contributed by atoms with Crippen LogP contribution in [0, 0.1) is 0 Å². The maximum absolute atomic E-state index is 13.6. The molecule has 0 aromatic heterocycles. The van der Waals surface area contributed by atoms with Crippen LogP contribution in [0.2, 0.25) is 10.0 Å². The van der Waals surface area contributed by atoms with Crippen LogP contribution in [0.4, 0.5) is 5.69 Å². The summed E-state index contributed by atoms with van der Waals surface area (Å²) in [5, 5.41) is -0.404. The molecule has 0 N–H and O–H groups in total. The second kappa shape index (κ2) is 11.3. The van der Waals surface area contributed by atoms with Gasteiger partial charge in [-0.2, -0.15) is 4.31 Å². The predicted octanol–water partition coefficient (Wildman–Crippen LogP) is 3.74. The van der Waals surface area contributed by atoms with Gasteiger partial charge in [-0.1, -0.05) is 37.0 Å². The summed E-state index contributed by atoms with van der Waals surface area (Å²) < 4.78 is 43.2. The molecule has 1 amide bonds. The Balaban J connectivity index is 2.00. The zero-order valence-electron chi connectivity index (χ0n) is 20.8. The first-order chi connectivity index (χ1) is 17.3. The van der Waals surface area contributed by atoms with Gasteiger partial charge in [-0.05, 0) is 43.8 Å². The van der Waals surface area contributed by atoms with E-state index in [1.54, 1.807) is 38.9 Å². The van der Waals surface area contributed by atoms with Crippen LogP contribution >= 0.6 is 23.2 Å². The van der Waals surface area contributed by atoms with Gasteiger partial charge in [0.1, 0.15) is 23.9 Å². The van der Waals surface area contributed by atoms with E-state index < -0.39 is 27.9 Å². The molecule has 0 spiro atoms. The number of hydrogen-bond donors (Lipinski definition) is 0. The Labute approximate surface area is 225 Å². The number of carbonyl (C=O) groups excluding carboxylic acids is 3. The minimum atomic E-state index is -4.44. The van der Waals surface area contributed by atoms with Gasteiger partial charge in [0.2, 0.25) is 0 Å². The number of sulfonamides is 1. The van der Waals surface area contributed by atoms with Crippen molar-refractivity contribution in [3.05, 3.63) is 51.0 Å². The fourth-order valence-electron chi connectivity index (χ4n) is 3.74. The molecule has 1 aliphatic heterocycles. The molecule has 3 rings (SSSR count). The molecule has 2 aromatic rings. The quantitative estimate of drug-likeness (QED) is 0.327. The first kappa shape index (κ1) is 28.7. The number of methoxy groups -OCH3 is 1. The molecule has 0 bridgehead atoms. The molecular weight excluding hydrogens is 547 g/mol. The molecule has 0 atom stereocenters. The Hall–Kier alpha value is -2.86. The van der Waals surface area contributed by atoms with Gasteiger partial charge in [0.05, 0.1) is 40.5 Å². The number of carbonyl (C=O) groups is 3. The van der Waals surface area contributed by atoms with Crippen LogP contribution in [0.25, 0.3) is 0 Å². The number of amides is 1. The average molecular weight is 573 g/mol. The van der Waals surface area contributed by atoms with Crippen LogP contribution in [0.1, 0.15) is 46.0 Å². The van der Waals surface area contributed by atoms with Crippen LogP contribution in [0.3, 0.4) is 0 Å². The van der Waals surface area contributed by atoms with Gasteiger partial charge >= 0.3 is 11.9 Å². The van der Waals surface area contributed by atoms with E-state index in [2.05, 4.69) is 0 Å². The fourth-order valence-corrected chi connectivity index (χ4v) is 6.04. The van der Waals surface area contributed by atoms with Crippen LogP contribution in [0.5, 0.6) is 5.75 Å². The summed E-state index contributed by atoms with van der Waals surface area (Å²) in [5.74, 6) is -2.21. The molecule has 0 saturated heterocycles. The van der Waals surface area contributed by atoms with Gasteiger partial charge in [-0.25, -0.2) is 13.2 Å². The van der Waals surface area contributed by atoms with Crippen LogP contribution in [-0.2, 0) is 24.3 Å². The minimum Gasteiger partial charge on any atom is -0.490 e. The van der Waals surface area contributed by atoms with Crippen molar-refractivity contribution in [1.82, 2.24) is 4.90 Å². The maximum Gasteiger partial charge on any atom is 0.340 e. The Kier molecular flexibility index (Phi) is 8.74. The molecule has 0 saturated carbocycles. The lowest BCUT2D eigenvalue weighted by molar-refractivity contribution is -0.145. The molecule has 0 aliphatic carbocycles. The fraction of sp³-hybridized carbons (Fsp3) is 0.375. The Bertz CT molecular complexity index is 1360. The maximum atomic E-state index is 13.6. The highest BCUT2D eigenvalue weighted by atomic mass is 35.5. The smallest absolute Gasteiger partial charge is 0.340 e. The van der Waals surface area contributed by atoms with E-state index in [9.17, 15) is 22.8 Å². The first-order valence-electron chi connectivity index (χ1n) is 11.1. The van der Waals surface area contributed by atoms with E-state index in [0.29, 0.717) is 9.87 Å². The average Bonchev–Trinajstić information content (AvgIpc) is 3.01. The number of esters is 2. The van der Waals surface area contributed by atoms with Gasteiger partial charge in [0, 0.05) is 6.07 Å². The Morgan fingerprint density at radius 1 is 1.11 bits per heavy atom. The van der Waals surface area contributed by atoms with Crippen molar-refractivity contribution in [3.8, 4) is 5.75 Å². The van der Waals surface area contributed by atoms with E-state index in [4.69, 9.17) is 37.4 Å². The standard InChI is InChI=1S/C24H26Cl2N2O8S/c1-13(2)15-10-14(35-8-9-36-19(29)12-27(3)4)11-18-20(15)23(30)28(37(18,32)33)17-7-6-16(25)21(22(17)26)24(31)34-5/h6-7,10-11,13H,8-9,12H2,1-5H3. The van der Waals surface area contributed by atoms with E-state index in [0.717, 1.165) is 7.11 Å². The number of nitrogens with zero attached hydrogens (tertiary/aromatic N) is 2. The van der Waals surface area contributed by atoms with E-state index in [-0.39, 0.29) is 63.2 Å². The molecule has 2 aromatic carbocycles. The van der Waals surface area contributed by atoms with Crippen molar-refractivity contribution in [2.24, 2.45) is 0 Å². The second-order valence-corrected chi connectivity index (χ2v) is 11.2. The normalized spacial score (nSPS) is 14.2. The van der Waals surface area contributed by atoms with E-state index in [1.165, 1.54) is 18.2 Å². The minimum absolute atomic E-state index is 0.0228. The third kappa shape index (κ3) is 5.69. The summed E-state index contributed by atoms with van der Waals surface area (Å²) in [4.78, 5) is 38.8. The van der Waals surface area contributed by atoms with Crippen LogP contribution < -0.4 is 9.04 Å². The third-order valence-electron chi connectivity index (χ3n) is 5.38. The van der Waals surface area contributed by atoms with Crippen molar-refractivity contribution in [2.75, 3.05) is 45.3 Å². The SMILES string of the molecule is COC(=O)c1c(Cl)ccc(N2C(=O)c3c(C(C)C)cc(OCCOC(=O)CN(C)C)cc3S2(=O)=O)c1Cl. The zero-order valence-corrected chi connectivity index (χ0v) is 23.2. The lowest BCUT2D eigenvalue weighted by atomic mass is 9.96. The van der Waals surface area contributed by atoms with Crippen molar-refractivity contribution in [2.45, 2.75) is 24.7 Å². The molecular formula is C24H26Cl2N2O8S. The van der Waals surface area contributed by atoms with Gasteiger partial charge in [0.15, 0.2) is 0 Å². The summed E-state index contributed by atoms with van der Waals surface area (Å²) in [6.07, 6.45) is 0. The van der Waals surface area contributed by atoms with Crippen LogP contribution in [0.15, 0.2) is 29.2 Å². The summed E-state index contributed by atoms with van der Waals surface area (Å²) >= 11 is 12.4. The summed E-state index contributed by atoms with van der Waals surface area (Å²) in [5.41, 5.74) is -0.0892. The predicted molar refractivity (Wildman–Crippen MR) is 137 cm³/mol. The molecule has 0 radical (unpaired) electrons. The number of rotatable bonds is 9. The van der Waals surface area contributed by atoms with Gasteiger partial charge in [0.25, 0.3) is 15.9 Å². The van der Waals surface area contributed by atoms with Crippen molar-refractivity contribution in [3.63, 3.8) is 0 Å². The number of ether oxygens (including phenoxy) is 3. The largest absolute Gasteiger partial charge is 0.490 e. The molecule has 1 aliphatic rings. The highest BCUT2D eigenvalue weighted by Gasteiger charge is 2.46. The number of halogens is 2. The summed E-state index contributed by atoms with van der Waals surface area (Å²) in [6, 6.07) is 5.32. The Morgan fingerprint density at radius 2 is 1.78 bits per heavy atom. The molecule has 37 heavy (non-hydrogen) atoms.